The quantitative estimate of drug-likeness (QED) is 0.675. The first-order valence-electron chi connectivity index (χ1n) is 7.92. The molecule has 0 aliphatic heterocycles. The Hall–Kier alpha value is -2.21. The Morgan fingerprint density at radius 1 is 1.29 bits per heavy atom. The lowest BCUT2D eigenvalue weighted by Gasteiger charge is -2.13. The van der Waals surface area contributed by atoms with Gasteiger partial charge in [0.15, 0.2) is 11.5 Å². The maximum absolute atomic E-state index is 11.4. The molecule has 2 N–H and O–H groups in total. The van der Waals surface area contributed by atoms with E-state index in [9.17, 15) is 4.79 Å². The third-order valence-electron chi connectivity index (χ3n) is 3.51. The zero-order valence-corrected chi connectivity index (χ0v) is 14.7. The number of anilines is 1. The average Bonchev–Trinajstić information content (AvgIpc) is 2.60. The third-order valence-corrected chi connectivity index (χ3v) is 3.89. The molecule has 0 bridgehead atoms. The second kappa shape index (κ2) is 9.17. The number of aromatic amines is 1. The van der Waals surface area contributed by atoms with E-state index in [-0.39, 0.29) is 5.02 Å². The fourth-order valence-electron chi connectivity index (χ4n) is 2.18. The minimum Gasteiger partial charge on any atom is -0.493 e. The smallest absolute Gasteiger partial charge is 0.285 e. The molecule has 0 saturated carbocycles. The predicted molar refractivity (Wildman–Crippen MR) is 95.2 cm³/mol. The molecule has 0 unspecified atom stereocenters. The highest BCUT2D eigenvalue weighted by atomic mass is 35.5. The number of hydrogen-bond donors (Lipinski definition) is 2. The Labute approximate surface area is 146 Å². The summed E-state index contributed by atoms with van der Waals surface area (Å²) in [5, 5.41) is 9.21. The van der Waals surface area contributed by atoms with Gasteiger partial charge < -0.3 is 14.8 Å². The van der Waals surface area contributed by atoms with Crippen LogP contribution in [0.4, 0.5) is 5.69 Å². The van der Waals surface area contributed by atoms with Crippen molar-refractivity contribution in [3.8, 4) is 11.5 Å². The zero-order valence-electron chi connectivity index (χ0n) is 13.9. The van der Waals surface area contributed by atoms with Crippen molar-refractivity contribution in [2.24, 2.45) is 0 Å². The number of aromatic nitrogens is 2. The fourth-order valence-corrected chi connectivity index (χ4v) is 2.34. The van der Waals surface area contributed by atoms with Crippen molar-refractivity contribution in [2.45, 2.75) is 32.7 Å². The molecule has 2 aromatic rings. The number of nitrogens with one attached hydrogen (secondary N) is 2. The van der Waals surface area contributed by atoms with Crippen LogP contribution in [0.3, 0.4) is 0 Å². The summed E-state index contributed by atoms with van der Waals surface area (Å²) in [5.41, 5.74) is 1.05. The lowest BCUT2D eigenvalue weighted by molar-refractivity contribution is 0.285. The molecule has 0 fully saturated rings. The summed E-state index contributed by atoms with van der Waals surface area (Å²) in [4.78, 5) is 11.4. The first-order valence-corrected chi connectivity index (χ1v) is 8.30. The van der Waals surface area contributed by atoms with E-state index in [1.807, 2.05) is 18.2 Å². The molecule has 1 aromatic carbocycles. The Bertz CT molecular complexity index is 718. The molecule has 0 amide bonds. The second-order valence-corrected chi connectivity index (χ2v) is 5.70. The van der Waals surface area contributed by atoms with Crippen LogP contribution in [0.15, 0.2) is 29.2 Å². The molecule has 0 saturated heterocycles. The van der Waals surface area contributed by atoms with Crippen LogP contribution < -0.4 is 20.3 Å². The van der Waals surface area contributed by atoms with Crippen molar-refractivity contribution in [3.63, 3.8) is 0 Å². The van der Waals surface area contributed by atoms with Gasteiger partial charge in [0.2, 0.25) is 0 Å². The summed E-state index contributed by atoms with van der Waals surface area (Å²) >= 11 is 5.95. The van der Waals surface area contributed by atoms with Crippen molar-refractivity contribution < 1.29 is 9.47 Å². The molecule has 0 radical (unpaired) electrons. The molecule has 130 valence electrons. The van der Waals surface area contributed by atoms with Gasteiger partial charge in [-0.05, 0) is 24.1 Å². The summed E-state index contributed by atoms with van der Waals surface area (Å²) in [6.45, 7) is 3.30. The first-order chi connectivity index (χ1) is 11.7. The normalized spacial score (nSPS) is 10.5. The Morgan fingerprint density at radius 2 is 2.12 bits per heavy atom. The number of ether oxygens (including phenoxy) is 2. The van der Waals surface area contributed by atoms with Gasteiger partial charge in [-0.2, -0.15) is 5.10 Å². The molecule has 7 heteroatoms. The van der Waals surface area contributed by atoms with Crippen LogP contribution in [0.25, 0.3) is 0 Å². The number of hydrogen-bond acceptors (Lipinski definition) is 5. The van der Waals surface area contributed by atoms with Crippen LogP contribution >= 0.6 is 11.6 Å². The predicted octanol–water partition coefficient (Wildman–Crippen LogP) is 3.61. The van der Waals surface area contributed by atoms with Gasteiger partial charge in [-0.25, -0.2) is 5.10 Å². The highest BCUT2D eigenvalue weighted by molar-refractivity contribution is 6.32. The Morgan fingerprint density at radius 3 is 2.88 bits per heavy atom. The molecular formula is C17H22ClN3O3. The van der Waals surface area contributed by atoms with E-state index in [0.29, 0.717) is 30.3 Å². The SMILES string of the molecule is CCCCCOc1cc(CNc2cn[nH]c(=O)c2Cl)ccc1OC. The first kappa shape index (κ1) is 18.1. The molecule has 2 rings (SSSR count). The van der Waals surface area contributed by atoms with Crippen molar-refractivity contribution in [2.75, 3.05) is 19.0 Å². The summed E-state index contributed by atoms with van der Waals surface area (Å²) in [5.74, 6) is 1.41. The van der Waals surface area contributed by atoms with Gasteiger partial charge in [-0.15, -0.1) is 0 Å². The average molecular weight is 352 g/mol. The van der Waals surface area contributed by atoms with Crippen LogP contribution in [0.2, 0.25) is 5.02 Å². The molecule has 0 aliphatic carbocycles. The van der Waals surface area contributed by atoms with Gasteiger partial charge in [-0.1, -0.05) is 37.4 Å². The third kappa shape index (κ3) is 4.89. The topological polar surface area (TPSA) is 76.2 Å². The highest BCUT2D eigenvalue weighted by Gasteiger charge is 2.08. The largest absolute Gasteiger partial charge is 0.493 e. The van der Waals surface area contributed by atoms with E-state index in [0.717, 1.165) is 24.8 Å². The molecule has 6 nitrogen and oxygen atoms in total. The minimum absolute atomic E-state index is 0.0922. The summed E-state index contributed by atoms with van der Waals surface area (Å²) in [6, 6.07) is 5.72. The molecule has 24 heavy (non-hydrogen) atoms. The number of halogens is 1. The van der Waals surface area contributed by atoms with E-state index < -0.39 is 5.56 Å². The van der Waals surface area contributed by atoms with Crippen molar-refractivity contribution >= 4 is 17.3 Å². The van der Waals surface area contributed by atoms with Crippen LogP contribution in [-0.2, 0) is 6.54 Å². The van der Waals surface area contributed by atoms with Gasteiger partial charge in [0.1, 0.15) is 5.02 Å². The van der Waals surface area contributed by atoms with Crippen LogP contribution in [0.5, 0.6) is 11.5 Å². The summed E-state index contributed by atoms with van der Waals surface area (Å²) in [6.07, 6.45) is 4.78. The minimum atomic E-state index is -0.420. The van der Waals surface area contributed by atoms with E-state index >= 15 is 0 Å². The maximum atomic E-state index is 11.4. The highest BCUT2D eigenvalue weighted by Crippen LogP contribution is 2.29. The summed E-state index contributed by atoms with van der Waals surface area (Å²) in [7, 11) is 1.62. The van der Waals surface area contributed by atoms with Crippen LogP contribution in [0, 0.1) is 0 Å². The fraction of sp³-hybridized carbons (Fsp3) is 0.412. The van der Waals surface area contributed by atoms with Gasteiger partial charge in [0.25, 0.3) is 5.56 Å². The number of H-pyrrole nitrogens is 1. The lowest BCUT2D eigenvalue weighted by atomic mass is 10.2. The molecule has 1 aromatic heterocycles. The van der Waals surface area contributed by atoms with E-state index in [1.165, 1.54) is 6.20 Å². The molecule has 0 spiro atoms. The van der Waals surface area contributed by atoms with E-state index in [1.54, 1.807) is 7.11 Å². The Balaban J connectivity index is 2.04. The standard InChI is InChI=1S/C17H22ClN3O3/c1-3-4-5-8-24-15-9-12(6-7-14(15)23-2)10-19-13-11-20-21-17(22)16(13)18/h6-7,9,11H,3-5,8,10H2,1-2H3,(H2,19,21,22). The number of nitrogens with zero attached hydrogens (tertiary/aromatic N) is 1. The molecule has 1 heterocycles. The summed E-state index contributed by atoms with van der Waals surface area (Å²) < 4.78 is 11.2. The van der Waals surface area contributed by atoms with Crippen molar-refractivity contribution in [3.05, 3.63) is 45.3 Å². The lowest BCUT2D eigenvalue weighted by Crippen LogP contribution is -2.12. The van der Waals surface area contributed by atoms with Gasteiger partial charge in [-0.3, -0.25) is 4.79 Å². The molecular weight excluding hydrogens is 330 g/mol. The van der Waals surface area contributed by atoms with Gasteiger partial charge in [0, 0.05) is 6.54 Å². The van der Waals surface area contributed by atoms with E-state index in [4.69, 9.17) is 21.1 Å². The number of rotatable bonds is 9. The Kier molecular flexibility index (Phi) is 6.93. The number of benzene rings is 1. The van der Waals surface area contributed by atoms with Gasteiger partial charge >= 0.3 is 0 Å². The number of unbranched alkanes of at least 4 members (excludes halogenated alkanes) is 2. The van der Waals surface area contributed by atoms with Crippen molar-refractivity contribution in [1.82, 2.24) is 10.2 Å². The van der Waals surface area contributed by atoms with Crippen LogP contribution in [0.1, 0.15) is 31.7 Å². The second-order valence-electron chi connectivity index (χ2n) is 5.32. The monoisotopic (exact) mass is 351 g/mol. The van der Waals surface area contributed by atoms with E-state index in [2.05, 4.69) is 22.4 Å². The zero-order chi connectivity index (χ0) is 17.4. The van der Waals surface area contributed by atoms with Crippen molar-refractivity contribution in [1.29, 1.82) is 0 Å². The number of methoxy groups -OCH3 is 1. The maximum Gasteiger partial charge on any atom is 0.285 e. The molecule has 0 aliphatic rings. The molecule has 0 atom stereocenters. The van der Waals surface area contributed by atoms with Crippen LogP contribution in [-0.4, -0.2) is 23.9 Å². The van der Waals surface area contributed by atoms with Gasteiger partial charge in [0.05, 0.1) is 25.6 Å².